The fraction of sp³-hybridized carbons (Fsp3) is 0.917. The SMILES string of the molecule is CCC(=O)CCCN1CCOC(C)(C)C1. The van der Waals surface area contributed by atoms with Crippen molar-refractivity contribution in [2.45, 2.75) is 45.6 Å². The molecule has 0 aliphatic carbocycles. The van der Waals surface area contributed by atoms with Crippen LogP contribution in [0.15, 0.2) is 0 Å². The lowest BCUT2D eigenvalue weighted by molar-refractivity contribution is -0.119. The third-order valence-corrected chi connectivity index (χ3v) is 2.83. The van der Waals surface area contributed by atoms with E-state index in [0.29, 0.717) is 12.2 Å². The average Bonchev–Trinajstić information content (AvgIpc) is 2.16. The molecule has 0 spiro atoms. The van der Waals surface area contributed by atoms with Crippen molar-refractivity contribution in [2.75, 3.05) is 26.2 Å². The highest BCUT2D eigenvalue weighted by molar-refractivity contribution is 5.77. The first-order chi connectivity index (χ1) is 7.03. The van der Waals surface area contributed by atoms with E-state index in [4.69, 9.17) is 4.74 Å². The Balaban J connectivity index is 2.18. The van der Waals surface area contributed by atoms with Crippen molar-refractivity contribution < 1.29 is 9.53 Å². The van der Waals surface area contributed by atoms with Crippen LogP contribution in [0.2, 0.25) is 0 Å². The van der Waals surface area contributed by atoms with Crippen molar-refractivity contribution in [3.8, 4) is 0 Å². The molecule has 1 heterocycles. The number of hydrogen-bond acceptors (Lipinski definition) is 3. The summed E-state index contributed by atoms with van der Waals surface area (Å²) in [5.74, 6) is 0.377. The molecule has 3 nitrogen and oxygen atoms in total. The van der Waals surface area contributed by atoms with Gasteiger partial charge in [-0.15, -0.1) is 0 Å². The van der Waals surface area contributed by atoms with Crippen LogP contribution in [0.3, 0.4) is 0 Å². The Bertz CT molecular complexity index is 214. The van der Waals surface area contributed by atoms with Gasteiger partial charge in [-0.05, 0) is 26.8 Å². The van der Waals surface area contributed by atoms with Crippen molar-refractivity contribution in [1.29, 1.82) is 0 Å². The molecule has 1 rings (SSSR count). The van der Waals surface area contributed by atoms with Crippen LogP contribution in [0.1, 0.15) is 40.0 Å². The molecule has 1 fully saturated rings. The smallest absolute Gasteiger partial charge is 0.132 e. The van der Waals surface area contributed by atoms with Gasteiger partial charge in [-0.1, -0.05) is 6.92 Å². The predicted molar refractivity (Wildman–Crippen MR) is 61.0 cm³/mol. The monoisotopic (exact) mass is 213 g/mol. The van der Waals surface area contributed by atoms with Crippen molar-refractivity contribution in [2.24, 2.45) is 0 Å². The van der Waals surface area contributed by atoms with E-state index in [1.54, 1.807) is 0 Å². The minimum atomic E-state index is -0.0208. The van der Waals surface area contributed by atoms with Crippen LogP contribution in [0.25, 0.3) is 0 Å². The second-order valence-corrected chi connectivity index (χ2v) is 4.88. The zero-order chi connectivity index (χ0) is 11.3. The topological polar surface area (TPSA) is 29.5 Å². The Morgan fingerprint density at radius 2 is 2.20 bits per heavy atom. The minimum Gasteiger partial charge on any atom is -0.373 e. The second-order valence-electron chi connectivity index (χ2n) is 4.88. The number of rotatable bonds is 5. The van der Waals surface area contributed by atoms with E-state index < -0.39 is 0 Å². The number of hydrogen-bond donors (Lipinski definition) is 0. The van der Waals surface area contributed by atoms with Crippen LogP contribution in [-0.4, -0.2) is 42.5 Å². The first-order valence-corrected chi connectivity index (χ1v) is 5.91. The first-order valence-electron chi connectivity index (χ1n) is 5.91. The van der Waals surface area contributed by atoms with Gasteiger partial charge in [0.05, 0.1) is 12.2 Å². The van der Waals surface area contributed by atoms with E-state index in [9.17, 15) is 4.79 Å². The number of nitrogens with zero attached hydrogens (tertiary/aromatic N) is 1. The van der Waals surface area contributed by atoms with Crippen LogP contribution < -0.4 is 0 Å². The summed E-state index contributed by atoms with van der Waals surface area (Å²) in [4.78, 5) is 13.5. The highest BCUT2D eigenvalue weighted by Crippen LogP contribution is 2.16. The second kappa shape index (κ2) is 5.61. The number of ether oxygens (including phenoxy) is 1. The highest BCUT2D eigenvalue weighted by atomic mass is 16.5. The highest BCUT2D eigenvalue weighted by Gasteiger charge is 2.26. The van der Waals surface area contributed by atoms with Crippen LogP contribution in [0, 0.1) is 0 Å². The number of Topliss-reactive ketones (excluding diaryl/α,β-unsaturated/α-hetero) is 1. The van der Waals surface area contributed by atoms with Crippen LogP contribution in [0.5, 0.6) is 0 Å². The van der Waals surface area contributed by atoms with E-state index >= 15 is 0 Å². The van der Waals surface area contributed by atoms with Gasteiger partial charge in [0.25, 0.3) is 0 Å². The Kier molecular flexibility index (Phi) is 4.74. The van der Waals surface area contributed by atoms with Crippen molar-refractivity contribution in [3.63, 3.8) is 0 Å². The van der Waals surface area contributed by atoms with Crippen molar-refractivity contribution in [3.05, 3.63) is 0 Å². The molecule has 0 N–H and O–H groups in total. The predicted octanol–water partition coefficient (Wildman–Crippen LogP) is 1.86. The summed E-state index contributed by atoms with van der Waals surface area (Å²) < 4.78 is 5.64. The Labute approximate surface area is 92.8 Å². The molecule has 0 bridgehead atoms. The van der Waals surface area contributed by atoms with E-state index in [0.717, 1.165) is 39.1 Å². The van der Waals surface area contributed by atoms with Gasteiger partial charge in [0.1, 0.15) is 5.78 Å². The molecule has 1 aliphatic rings. The zero-order valence-corrected chi connectivity index (χ0v) is 10.2. The van der Waals surface area contributed by atoms with Gasteiger partial charge in [-0.25, -0.2) is 0 Å². The summed E-state index contributed by atoms with van der Waals surface area (Å²) in [6, 6.07) is 0. The summed E-state index contributed by atoms with van der Waals surface area (Å²) in [5.41, 5.74) is -0.0208. The maximum atomic E-state index is 11.1. The third-order valence-electron chi connectivity index (χ3n) is 2.83. The Hall–Kier alpha value is -0.410. The Morgan fingerprint density at radius 3 is 2.80 bits per heavy atom. The van der Waals surface area contributed by atoms with Gasteiger partial charge in [-0.2, -0.15) is 0 Å². The lowest BCUT2D eigenvalue weighted by atomic mass is 10.1. The van der Waals surface area contributed by atoms with E-state index in [1.807, 2.05) is 6.92 Å². The lowest BCUT2D eigenvalue weighted by Gasteiger charge is -2.38. The molecule has 3 heteroatoms. The summed E-state index contributed by atoms with van der Waals surface area (Å²) in [6.07, 6.45) is 2.39. The van der Waals surface area contributed by atoms with Crippen molar-refractivity contribution >= 4 is 5.78 Å². The van der Waals surface area contributed by atoms with Gasteiger partial charge in [-0.3, -0.25) is 9.69 Å². The lowest BCUT2D eigenvalue weighted by Crippen LogP contribution is -2.48. The molecule has 0 atom stereocenters. The molecule has 0 unspecified atom stereocenters. The number of carbonyl (C=O) groups is 1. The molecular formula is C12H23NO2. The number of carbonyl (C=O) groups excluding carboxylic acids is 1. The molecule has 0 radical (unpaired) electrons. The number of ketones is 1. The van der Waals surface area contributed by atoms with Crippen LogP contribution >= 0.6 is 0 Å². The van der Waals surface area contributed by atoms with Gasteiger partial charge in [0.2, 0.25) is 0 Å². The summed E-state index contributed by atoms with van der Waals surface area (Å²) in [7, 11) is 0. The third kappa shape index (κ3) is 4.76. The zero-order valence-electron chi connectivity index (χ0n) is 10.2. The molecule has 1 saturated heterocycles. The molecule has 0 aromatic carbocycles. The average molecular weight is 213 g/mol. The van der Waals surface area contributed by atoms with Crippen LogP contribution in [0.4, 0.5) is 0 Å². The molecule has 1 aliphatic heterocycles. The molecular weight excluding hydrogens is 190 g/mol. The van der Waals surface area contributed by atoms with E-state index in [2.05, 4.69) is 18.7 Å². The number of morpholine rings is 1. The van der Waals surface area contributed by atoms with Gasteiger partial charge in [0.15, 0.2) is 0 Å². The molecule has 88 valence electrons. The fourth-order valence-electron chi connectivity index (χ4n) is 1.98. The largest absolute Gasteiger partial charge is 0.373 e. The van der Waals surface area contributed by atoms with Gasteiger partial charge < -0.3 is 4.74 Å². The quantitative estimate of drug-likeness (QED) is 0.698. The standard InChI is InChI=1S/C12H23NO2/c1-4-11(14)6-5-7-13-8-9-15-12(2,3)10-13/h4-10H2,1-3H3. The first kappa shape index (κ1) is 12.7. The van der Waals surface area contributed by atoms with E-state index in [-0.39, 0.29) is 5.60 Å². The summed E-state index contributed by atoms with van der Waals surface area (Å²) in [5, 5.41) is 0. The molecule has 0 amide bonds. The molecule has 0 aromatic rings. The molecule has 15 heavy (non-hydrogen) atoms. The Morgan fingerprint density at radius 1 is 1.47 bits per heavy atom. The van der Waals surface area contributed by atoms with Gasteiger partial charge >= 0.3 is 0 Å². The maximum Gasteiger partial charge on any atom is 0.132 e. The van der Waals surface area contributed by atoms with E-state index in [1.165, 1.54) is 0 Å². The van der Waals surface area contributed by atoms with Crippen molar-refractivity contribution in [1.82, 2.24) is 4.90 Å². The summed E-state index contributed by atoms with van der Waals surface area (Å²) >= 11 is 0. The normalized spacial score (nSPS) is 21.5. The molecule has 0 saturated carbocycles. The van der Waals surface area contributed by atoms with Gasteiger partial charge in [0, 0.05) is 25.9 Å². The fourth-order valence-corrected chi connectivity index (χ4v) is 1.98. The minimum absolute atomic E-state index is 0.0208. The molecule has 0 aromatic heterocycles. The van der Waals surface area contributed by atoms with Crippen LogP contribution in [-0.2, 0) is 9.53 Å². The maximum absolute atomic E-state index is 11.1. The summed E-state index contributed by atoms with van der Waals surface area (Å²) in [6.45, 7) is 10.00.